The van der Waals surface area contributed by atoms with Gasteiger partial charge in [0.25, 0.3) is 0 Å². The van der Waals surface area contributed by atoms with Crippen LogP contribution in [0.4, 0.5) is 0 Å². The van der Waals surface area contributed by atoms with Gasteiger partial charge in [-0.3, -0.25) is 5.10 Å². The first kappa shape index (κ1) is 11.4. The van der Waals surface area contributed by atoms with E-state index in [1.807, 2.05) is 28.9 Å². The summed E-state index contributed by atoms with van der Waals surface area (Å²) >= 11 is 5.69. The third-order valence-corrected chi connectivity index (χ3v) is 3.22. The molecule has 0 spiro atoms. The van der Waals surface area contributed by atoms with E-state index in [0.29, 0.717) is 5.88 Å². The van der Waals surface area contributed by atoms with Gasteiger partial charge in [-0.1, -0.05) is 30.3 Å². The predicted octanol–water partition coefficient (Wildman–Crippen LogP) is 3.50. The SMILES string of the molecule is ClCCCc1cn2[nH]c(-c3ccccc3)cc2n1. The minimum absolute atomic E-state index is 0.681. The molecule has 0 saturated carbocycles. The Morgan fingerprint density at radius 2 is 2.06 bits per heavy atom. The van der Waals surface area contributed by atoms with Crippen molar-refractivity contribution >= 4 is 17.2 Å². The number of rotatable bonds is 4. The maximum atomic E-state index is 5.69. The highest BCUT2D eigenvalue weighted by Crippen LogP contribution is 2.19. The number of H-pyrrole nitrogens is 1. The van der Waals surface area contributed by atoms with Gasteiger partial charge in [0.2, 0.25) is 0 Å². The maximum Gasteiger partial charge on any atom is 0.153 e. The van der Waals surface area contributed by atoms with Crippen LogP contribution in [-0.2, 0) is 6.42 Å². The molecule has 4 heteroatoms. The molecule has 2 aromatic heterocycles. The van der Waals surface area contributed by atoms with Gasteiger partial charge in [0, 0.05) is 11.9 Å². The van der Waals surface area contributed by atoms with Gasteiger partial charge in [-0.2, -0.15) is 0 Å². The van der Waals surface area contributed by atoms with E-state index < -0.39 is 0 Å². The van der Waals surface area contributed by atoms with Crippen molar-refractivity contribution in [3.63, 3.8) is 0 Å². The molecule has 0 bridgehead atoms. The Bertz CT molecular complexity index is 608. The first-order valence-corrected chi connectivity index (χ1v) is 6.58. The van der Waals surface area contributed by atoms with E-state index in [4.69, 9.17) is 11.6 Å². The number of hydrogen-bond donors (Lipinski definition) is 1. The highest BCUT2D eigenvalue weighted by atomic mass is 35.5. The average Bonchev–Trinajstić information content (AvgIpc) is 2.95. The number of benzene rings is 1. The molecular weight excluding hydrogens is 246 g/mol. The summed E-state index contributed by atoms with van der Waals surface area (Å²) in [4.78, 5) is 4.57. The Hall–Kier alpha value is -1.74. The van der Waals surface area contributed by atoms with Gasteiger partial charge in [-0.25, -0.2) is 9.50 Å². The minimum atomic E-state index is 0.681. The Morgan fingerprint density at radius 1 is 1.22 bits per heavy atom. The second-order valence-corrected chi connectivity index (χ2v) is 4.67. The zero-order chi connectivity index (χ0) is 12.4. The van der Waals surface area contributed by atoms with Crippen molar-refractivity contribution in [1.29, 1.82) is 0 Å². The van der Waals surface area contributed by atoms with Gasteiger partial charge in [-0.15, -0.1) is 11.6 Å². The highest BCUT2D eigenvalue weighted by Gasteiger charge is 2.06. The van der Waals surface area contributed by atoms with E-state index in [1.54, 1.807) is 0 Å². The zero-order valence-corrected chi connectivity index (χ0v) is 10.7. The van der Waals surface area contributed by atoms with E-state index >= 15 is 0 Å². The molecule has 0 amide bonds. The number of nitrogens with zero attached hydrogens (tertiary/aromatic N) is 2. The molecule has 2 heterocycles. The van der Waals surface area contributed by atoms with Crippen LogP contribution in [0, 0.1) is 0 Å². The Kier molecular flexibility index (Phi) is 3.07. The summed E-state index contributed by atoms with van der Waals surface area (Å²) in [5.74, 6) is 0.681. The fraction of sp³-hybridized carbons (Fsp3) is 0.214. The lowest BCUT2D eigenvalue weighted by Crippen LogP contribution is -1.86. The molecule has 0 aliphatic rings. The lowest BCUT2D eigenvalue weighted by atomic mass is 10.2. The average molecular weight is 260 g/mol. The normalized spacial score (nSPS) is 11.2. The number of aryl methyl sites for hydroxylation is 1. The first-order valence-electron chi connectivity index (χ1n) is 6.05. The van der Waals surface area contributed by atoms with E-state index in [-0.39, 0.29) is 0 Å². The summed E-state index contributed by atoms with van der Waals surface area (Å²) in [7, 11) is 0. The second-order valence-electron chi connectivity index (χ2n) is 4.29. The van der Waals surface area contributed by atoms with Crippen LogP contribution in [0.25, 0.3) is 16.9 Å². The molecule has 0 aliphatic carbocycles. The minimum Gasteiger partial charge on any atom is -0.292 e. The molecule has 1 N–H and O–H groups in total. The summed E-state index contributed by atoms with van der Waals surface area (Å²) in [6.07, 6.45) is 3.93. The lowest BCUT2D eigenvalue weighted by molar-refractivity contribution is 0.892. The number of halogens is 1. The summed E-state index contributed by atoms with van der Waals surface area (Å²) < 4.78 is 1.96. The van der Waals surface area contributed by atoms with Gasteiger partial charge in [0.05, 0.1) is 17.6 Å². The van der Waals surface area contributed by atoms with Gasteiger partial charge in [0.15, 0.2) is 5.65 Å². The van der Waals surface area contributed by atoms with Crippen molar-refractivity contribution < 1.29 is 0 Å². The number of hydrogen-bond acceptors (Lipinski definition) is 1. The molecule has 3 aromatic rings. The number of aromatic nitrogens is 3. The molecule has 0 atom stereocenters. The summed E-state index contributed by atoms with van der Waals surface area (Å²) in [6.45, 7) is 0. The van der Waals surface area contributed by atoms with Gasteiger partial charge >= 0.3 is 0 Å². The number of alkyl halides is 1. The third-order valence-electron chi connectivity index (χ3n) is 2.95. The van der Waals surface area contributed by atoms with Crippen molar-refractivity contribution in [2.45, 2.75) is 12.8 Å². The van der Waals surface area contributed by atoms with Gasteiger partial charge in [-0.05, 0) is 18.4 Å². The van der Waals surface area contributed by atoms with Crippen LogP contribution < -0.4 is 0 Å². The van der Waals surface area contributed by atoms with Crippen molar-refractivity contribution in [3.05, 3.63) is 48.3 Å². The van der Waals surface area contributed by atoms with E-state index in [9.17, 15) is 0 Å². The molecule has 0 fully saturated rings. The molecule has 18 heavy (non-hydrogen) atoms. The van der Waals surface area contributed by atoms with E-state index in [1.165, 1.54) is 5.56 Å². The number of fused-ring (bicyclic) bond motifs is 1. The van der Waals surface area contributed by atoms with Crippen LogP contribution in [0.1, 0.15) is 12.1 Å². The first-order chi connectivity index (χ1) is 8.86. The van der Waals surface area contributed by atoms with Crippen LogP contribution >= 0.6 is 11.6 Å². The smallest absolute Gasteiger partial charge is 0.153 e. The van der Waals surface area contributed by atoms with Crippen LogP contribution in [-0.4, -0.2) is 20.5 Å². The van der Waals surface area contributed by atoms with Crippen molar-refractivity contribution in [1.82, 2.24) is 14.6 Å². The second kappa shape index (κ2) is 4.86. The molecule has 3 nitrogen and oxygen atoms in total. The molecule has 0 saturated heterocycles. The monoisotopic (exact) mass is 259 g/mol. The van der Waals surface area contributed by atoms with Crippen LogP contribution in [0.5, 0.6) is 0 Å². The molecule has 0 aliphatic heterocycles. The number of aromatic amines is 1. The highest BCUT2D eigenvalue weighted by molar-refractivity contribution is 6.17. The molecule has 92 valence electrons. The summed E-state index contributed by atoms with van der Waals surface area (Å²) in [6, 6.07) is 12.3. The van der Waals surface area contributed by atoms with Crippen molar-refractivity contribution in [2.24, 2.45) is 0 Å². The van der Waals surface area contributed by atoms with Crippen LogP contribution in [0.15, 0.2) is 42.6 Å². The fourth-order valence-electron chi connectivity index (χ4n) is 2.06. The van der Waals surface area contributed by atoms with Crippen molar-refractivity contribution in [3.8, 4) is 11.3 Å². The summed E-state index contributed by atoms with van der Waals surface area (Å²) in [5, 5.41) is 3.33. The lowest BCUT2D eigenvalue weighted by Gasteiger charge is -1.95. The predicted molar refractivity (Wildman–Crippen MR) is 74.0 cm³/mol. The Morgan fingerprint density at radius 3 is 2.78 bits per heavy atom. The molecule has 1 aromatic carbocycles. The topological polar surface area (TPSA) is 33.1 Å². The standard InChI is InChI=1S/C14H14ClN3/c15-8-4-7-12-10-18-14(16-12)9-13(17-18)11-5-2-1-3-6-11/h1-3,5-6,9-10,17H,4,7-8H2. The largest absolute Gasteiger partial charge is 0.292 e. The molecular formula is C14H14ClN3. The zero-order valence-electron chi connectivity index (χ0n) is 9.94. The van der Waals surface area contributed by atoms with Crippen molar-refractivity contribution in [2.75, 3.05) is 5.88 Å². The summed E-state index contributed by atoms with van der Waals surface area (Å²) in [5.41, 5.74) is 4.30. The Balaban J connectivity index is 1.91. The fourth-order valence-corrected chi connectivity index (χ4v) is 2.20. The molecule has 0 unspecified atom stereocenters. The van der Waals surface area contributed by atoms with E-state index in [2.05, 4.69) is 28.3 Å². The Labute approximate surface area is 110 Å². The number of imidazole rings is 1. The van der Waals surface area contributed by atoms with Crippen LogP contribution in [0.2, 0.25) is 0 Å². The van der Waals surface area contributed by atoms with Crippen LogP contribution in [0.3, 0.4) is 0 Å². The van der Waals surface area contributed by atoms with Gasteiger partial charge < -0.3 is 0 Å². The number of nitrogens with one attached hydrogen (secondary N) is 1. The molecule has 0 radical (unpaired) electrons. The third kappa shape index (κ3) is 2.14. The van der Waals surface area contributed by atoms with Gasteiger partial charge in [0.1, 0.15) is 0 Å². The quantitative estimate of drug-likeness (QED) is 0.715. The molecule has 3 rings (SSSR count). The maximum absolute atomic E-state index is 5.69. The van der Waals surface area contributed by atoms with E-state index in [0.717, 1.165) is 29.9 Å².